The van der Waals surface area contributed by atoms with Crippen LogP contribution >= 0.6 is 23.2 Å². The fraction of sp³-hybridized carbons (Fsp3) is 0.529. The lowest BCUT2D eigenvalue weighted by Gasteiger charge is -2.30. The van der Waals surface area contributed by atoms with E-state index < -0.39 is 5.97 Å². The summed E-state index contributed by atoms with van der Waals surface area (Å²) in [5.41, 5.74) is 0.913. The Hall–Kier alpha value is -1.46. The van der Waals surface area contributed by atoms with Gasteiger partial charge < -0.3 is 15.3 Å². The molecule has 0 atom stereocenters. The Labute approximate surface area is 151 Å². The van der Waals surface area contributed by atoms with Gasteiger partial charge in [-0.1, -0.05) is 29.3 Å². The number of urea groups is 1. The molecule has 0 aromatic heterocycles. The van der Waals surface area contributed by atoms with Crippen LogP contribution in [-0.4, -0.2) is 34.6 Å². The van der Waals surface area contributed by atoms with Crippen molar-refractivity contribution in [3.63, 3.8) is 0 Å². The van der Waals surface area contributed by atoms with Crippen molar-refractivity contribution in [1.29, 1.82) is 0 Å². The zero-order valence-corrected chi connectivity index (χ0v) is 15.1. The van der Waals surface area contributed by atoms with Crippen LogP contribution in [0.1, 0.15) is 38.2 Å². The number of carboxylic acids is 1. The fourth-order valence-corrected chi connectivity index (χ4v) is 3.26. The molecule has 2 N–H and O–H groups in total. The number of halogens is 2. The van der Waals surface area contributed by atoms with Gasteiger partial charge in [0.25, 0.3) is 0 Å². The average molecular weight is 373 g/mol. The molecule has 1 aromatic rings. The Bertz CT molecular complexity index is 601. The maximum atomic E-state index is 12.5. The second-order valence-corrected chi connectivity index (χ2v) is 6.91. The molecular weight excluding hydrogens is 351 g/mol. The number of amides is 2. The number of rotatable bonds is 5. The lowest BCUT2D eigenvalue weighted by atomic mass is 9.86. The highest BCUT2D eigenvalue weighted by molar-refractivity contribution is 6.42. The van der Waals surface area contributed by atoms with Crippen molar-refractivity contribution in [2.75, 3.05) is 6.54 Å². The predicted molar refractivity (Wildman–Crippen MR) is 94.5 cm³/mol. The number of benzene rings is 1. The first-order valence-corrected chi connectivity index (χ1v) is 8.88. The number of carbonyl (C=O) groups is 2. The number of aliphatic carboxylic acids is 1. The number of hydrogen-bond acceptors (Lipinski definition) is 2. The van der Waals surface area contributed by atoms with Gasteiger partial charge in [0.1, 0.15) is 0 Å². The van der Waals surface area contributed by atoms with Gasteiger partial charge >= 0.3 is 12.0 Å². The summed E-state index contributed by atoms with van der Waals surface area (Å²) in [6.45, 7) is 2.93. The molecule has 7 heteroatoms. The molecule has 0 heterocycles. The smallest absolute Gasteiger partial charge is 0.317 e. The summed E-state index contributed by atoms with van der Waals surface area (Å²) in [4.78, 5) is 25.1. The molecule has 5 nitrogen and oxygen atoms in total. The third-order valence-electron chi connectivity index (χ3n) is 4.43. The summed E-state index contributed by atoms with van der Waals surface area (Å²) < 4.78 is 0. The van der Waals surface area contributed by atoms with Crippen molar-refractivity contribution < 1.29 is 14.7 Å². The quantitative estimate of drug-likeness (QED) is 0.814. The van der Waals surface area contributed by atoms with E-state index in [-0.39, 0.29) is 18.0 Å². The van der Waals surface area contributed by atoms with Gasteiger partial charge in [0, 0.05) is 19.1 Å². The van der Waals surface area contributed by atoms with E-state index in [1.807, 2.05) is 13.0 Å². The lowest BCUT2D eigenvalue weighted by Crippen LogP contribution is -2.46. The fourth-order valence-electron chi connectivity index (χ4n) is 2.94. The highest BCUT2D eigenvalue weighted by Gasteiger charge is 2.27. The van der Waals surface area contributed by atoms with Gasteiger partial charge in [-0.05, 0) is 50.3 Å². The molecule has 0 bridgehead atoms. The van der Waals surface area contributed by atoms with Crippen molar-refractivity contribution in [3.05, 3.63) is 33.8 Å². The first-order chi connectivity index (χ1) is 11.4. The molecule has 0 unspecified atom stereocenters. The monoisotopic (exact) mass is 372 g/mol. The molecule has 24 heavy (non-hydrogen) atoms. The van der Waals surface area contributed by atoms with E-state index in [0.29, 0.717) is 48.8 Å². The van der Waals surface area contributed by atoms with Crippen molar-refractivity contribution in [3.8, 4) is 0 Å². The van der Waals surface area contributed by atoms with E-state index in [1.54, 1.807) is 17.0 Å². The van der Waals surface area contributed by atoms with Gasteiger partial charge in [-0.2, -0.15) is 0 Å². The van der Waals surface area contributed by atoms with Crippen LogP contribution in [0.5, 0.6) is 0 Å². The topological polar surface area (TPSA) is 69.6 Å². The van der Waals surface area contributed by atoms with Gasteiger partial charge in [0.2, 0.25) is 0 Å². The summed E-state index contributed by atoms with van der Waals surface area (Å²) in [7, 11) is 0. The normalized spacial score (nSPS) is 20.5. The summed E-state index contributed by atoms with van der Waals surface area (Å²) >= 11 is 11.9. The molecule has 132 valence electrons. The lowest BCUT2D eigenvalue weighted by molar-refractivity contribution is -0.142. The number of nitrogens with zero attached hydrogens (tertiary/aromatic N) is 1. The van der Waals surface area contributed by atoms with E-state index in [1.165, 1.54) is 0 Å². The van der Waals surface area contributed by atoms with Gasteiger partial charge in [0.15, 0.2) is 0 Å². The highest BCUT2D eigenvalue weighted by Crippen LogP contribution is 2.25. The van der Waals surface area contributed by atoms with Crippen LogP contribution in [0.25, 0.3) is 0 Å². The molecule has 0 radical (unpaired) electrons. The molecule has 1 aliphatic rings. The standard InChI is InChI=1S/C17H22Cl2N2O3/c1-2-21(10-11-3-8-14(18)15(19)9-11)17(24)20-13-6-4-12(5-7-13)16(22)23/h3,8-9,12-13H,2,4-7,10H2,1H3,(H,20,24)(H,22,23). The molecule has 1 saturated carbocycles. The van der Waals surface area contributed by atoms with Crippen LogP contribution in [0.2, 0.25) is 10.0 Å². The zero-order valence-electron chi connectivity index (χ0n) is 13.6. The van der Waals surface area contributed by atoms with Crippen molar-refractivity contribution in [1.82, 2.24) is 10.2 Å². The van der Waals surface area contributed by atoms with Gasteiger partial charge in [-0.3, -0.25) is 4.79 Å². The summed E-state index contributed by atoms with van der Waals surface area (Å²) in [5.74, 6) is -1.02. The van der Waals surface area contributed by atoms with Crippen LogP contribution in [0, 0.1) is 5.92 Å². The SMILES string of the molecule is CCN(Cc1ccc(Cl)c(Cl)c1)C(=O)NC1CCC(C(=O)O)CC1. The first kappa shape index (κ1) is 18.9. The maximum Gasteiger partial charge on any atom is 0.317 e. The Kier molecular flexibility index (Phi) is 6.75. The van der Waals surface area contributed by atoms with Crippen LogP contribution in [0.4, 0.5) is 4.79 Å². The number of hydrogen-bond donors (Lipinski definition) is 2. The molecule has 0 spiro atoms. The van der Waals surface area contributed by atoms with Crippen LogP contribution < -0.4 is 5.32 Å². The maximum absolute atomic E-state index is 12.5. The molecule has 2 amide bonds. The minimum absolute atomic E-state index is 0.0379. The molecule has 1 aromatic carbocycles. The highest BCUT2D eigenvalue weighted by atomic mass is 35.5. The molecular formula is C17H22Cl2N2O3. The van der Waals surface area contributed by atoms with Gasteiger partial charge in [-0.15, -0.1) is 0 Å². The molecule has 1 fully saturated rings. The Morgan fingerprint density at radius 3 is 2.42 bits per heavy atom. The second-order valence-electron chi connectivity index (χ2n) is 6.10. The second kappa shape index (κ2) is 8.58. The molecule has 0 saturated heterocycles. The zero-order chi connectivity index (χ0) is 17.7. The number of carbonyl (C=O) groups excluding carboxylic acids is 1. The third kappa shape index (κ3) is 5.02. The van der Waals surface area contributed by atoms with Crippen LogP contribution in [-0.2, 0) is 11.3 Å². The number of nitrogens with one attached hydrogen (secondary N) is 1. The van der Waals surface area contributed by atoms with Gasteiger partial charge in [-0.25, -0.2) is 4.79 Å². The summed E-state index contributed by atoms with van der Waals surface area (Å²) in [6.07, 6.45) is 2.62. The van der Waals surface area contributed by atoms with Crippen LogP contribution in [0.3, 0.4) is 0 Å². The van der Waals surface area contributed by atoms with Crippen molar-refractivity contribution in [2.45, 2.75) is 45.2 Å². The van der Waals surface area contributed by atoms with E-state index in [9.17, 15) is 9.59 Å². The van der Waals surface area contributed by atoms with E-state index in [4.69, 9.17) is 28.3 Å². The predicted octanol–water partition coefficient (Wildman–Crippen LogP) is 4.17. The average Bonchev–Trinajstić information content (AvgIpc) is 2.56. The molecule has 0 aliphatic heterocycles. The Morgan fingerprint density at radius 1 is 1.21 bits per heavy atom. The first-order valence-electron chi connectivity index (χ1n) is 8.12. The molecule has 1 aliphatic carbocycles. The van der Waals surface area contributed by atoms with E-state index in [2.05, 4.69) is 5.32 Å². The molecule has 2 rings (SSSR count). The third-order valence-corrected chi connectivity index (χ3v) is 5.17. The van der Waals surface area contributed by atoms with Crippen molar-refractivity contribution >= 4 is 35.2 Å². The number of carboxylic acid groups (broad SMARTS) is 1. The van der Waals surface area contributed by atoms with E-state index >= 15 is 0 Å². The minimum atomic E-state index is -0.741. The van der Waals surface area contributed by atoms with Crippen LogP contribution in [0.15, 0.2) is 18.2 Å². The van der Waals surface area contributed by atoms with Gasteiger partial charge in [0.05, 0.1) is 16.0 Å². The summed E-state index contributed by atoms with van der Waals surface area (Å²) in [5, 5.41) is 13.0. The van der Waals surface area contributed by atoms with Crippen molar-refractivity contribution in [2.24, 2.45) is 5.92 Å². The summed E-state index contributed by atoms with van der Waals surface area (Å²) in [6, 6.07) is 5.23. The Balaban J connectivity index is 1.89. The Morgan fingerprint density at radius 2 is 1.88 bits per heavy atom. The largest absolute Gasteiger partial charge is 0.481 e. The minimum Gasteiger partial charge on any atom is -0.481 e. The van der Waals surface area contributed by atoms with E-state index in [0.717, 1.165) is 5.56 Å².